The van der Waals surface area contributed by atoms with Crippen LogP contribution in [0.3, 0.4) is 0 Å². The number of hydrogen-bond acceptors (Lipinski definition) is 2. The molecule has 5 rings (SSSR count). The Kier molecular flexibility index (Phi) is 4.55. The zero-order valence-electron chi connectivity index (χ0n) is 16.2. The van der Waals surface area contributed by atoms with Crippen LogP contribution in [0.1, 0.15) is 5.69 Å². The van der Waals surface area contributed by atoms with Crippen LogP contribution >= 0.6 is 0 Å². The average Bonchev–Trinajstić information content (AvgIpc) is 3.20. The molecule has 3 nitrogen and oxygen atoms in total. The third-order valence-electron chi connectivity index (χ3n) is 5.06. The van der Waals surface area contributed by atoms with Crippen molar-refractivity contribution in [3.8, 4) is 33.6 Å². The van der Waals surface area contributed by atoms with Gasteiger partial charge in [0.1, 0.15) is 0 Å². The second-order valence-electron chi connectivity index (χ2n) is 7.08. The van der Waals surface area contributed by atoms with Crippen LogP contribution in [-0.2, 0) is 6.18 Å². The molecule has 0 bridgehead atoms. The zero-order valence-corrected chi connectivity index (χ0v) is 16.2. The summed E-state index contributed by atoms with van der Waals surface area (Å²) in [6, 6.07) is 28.9. The molecule has 0 amide bonds. The van der Waals surface area contributed by atoms with Crippen molar-refractivity contribution < 1.29 is 13.2 Å². The molecule has 0 N–H and O–H groups in total. The quantitative estimate of drug-likeness (QED) is 0.326. The molecule has 2 aromatic heterocycles. The largest absolute Gasteiger partial charge is 0.435 e. The summed E-state index contributed by atoms with van der Waals surface area (Å²) < 4.78 is 43.4. The first-order valence-corrected chi connectivity index (χ1v) is 9.69. The normalized spacial score (nSPS) is 11.7. The Morgan fingerprint density at radius 3 is 1.71 bits per heavy atom. The molecule has 0 atom stereocenters. The van der Waals surface area contributed by atoms with Gasteiger partial charge in [-0.2, -0.15) is 18.3 Å². The second kappa shape index (κ2) is 7.40. The van der Waals surface area contributed by atoms with E-state index in [1.54, 1.807) is 36.4 Å². The zero-order chi connectivity index (χ0) is 21.4. The summed E-state index contributed by atoms with van der Waals surface area (Å²) in [5.41, 5.74) is 2.30. The lowest BCUT2D eigenvalue weighted by molar-refractivity contribution is -0.140. The first-order valence-electron chi connectivity index (χ1n) is 9.69. The maximum absolute atomic E-state index is 14.0. The fraction of sp³-hybridized carbons (Fsp3) is 0.0400. The highest BCUT2D eigenvalue weighted by atomic mass is 19.4. The summed E-state index contributed by atoms with van der Waals surface area (Å²) in [6.45, 7) is 0. The molecule has 31 heavy (non-hydrogen) atoms. The van der Waals surface area contributed by atoms with Crippen LogP contribution in [0, 0.1) is 0 Å². The van der Waals surface area contributed by atoms with E-state index < -0.39 is 11.9 Å². The van der Waals surface area contributed by atoms with Gasteiger partial charge in [0.2, 0.25) is 0 Å². The van der Waals surface area contributed by atoms with E-state index in [-0.39, 0.29) is 11.2 Å². The number of rotatable bonds is 3. The highest BCUT2D eigenvalue weighted by Crippen LogP contribution is 2.40. The van der Waals surface area contributed by atoms with Gasteiger partial charge >= 0.3 is 6.18 Å². The first kappa shape index (κ1) is 19.1. The molecule has 0 unspecified atom stereocenters. The maximum Gasteiger partial charge on any atom is 0.435 e. The van der Waals surface area contributed by atoms with Crippen LogP contribution < -0.4 is 0 Å². The second-order valence-corrected chi connectivity index (χ2v) is 7.08. The predicted octanol–water partition coefficient (Wildman–Crippen LogP) is 6.75. The van der Waals surface area contributed by atoms with Crippen molar-refractivity contribution in [1.82, 2.24) is 14.6 Å². The molecule has 0 spiro atoms. The topological polar surface area (TPSA) is 30.2 Å². The predicted molar refractivity (Wildman–Crippen MR) is 114 cm³/mol. The molecule has 0 aliphatic carbocycles. The number of alkyl halides is 3. The Bertz CT molecular complexity index is 1340. The molecule has 0 radical (unpaired) electrons. The number of benzene rings is 3. The monoisotopic (exact) mass is 415 g/mol. The molecule has 5 aromatic rings. The number of aromatic nitrogens is 3. The van der Waals surface area contributed by atoms with E-state index in [9.17, 15) is 13.2 Å². The standard InChI is InChI=1S/C25H16F3N3/c26-25(27,28)23-22(19-14-8-3-9-15-19)24-29-20(17-10-4-1-5-11-17)16-21(31(24)30-23)18-12-6-2-7-13-18/h1-16H. The molecule has 3 aromatic carbocycles. The summed E-state index contributed by atoms with van der Waals surface area (Å²) in [7, 11) is 0. The van der Waals surface area contributed by atoms with Gasteiger partial charge in [0.15, 0.2) is 11.3 Å². The Morgan fingerprint density at radius 1 is 0.645 bits per heavy atom. The molecule has 0 aliphatic rings. The van der Waals surface area contributed by atoms with Crippen LogP contribution in [0.15, 0.2) is 97.1 Å². The fourth-order valence-corrected chi connectivity index (χ4v) is 3.66. The van der Waals surface area contributed by atoms with Crippen molar-refractivity contribution in [1.29, 1.82) is 0 Å². The lowest BCUT2D eigenvalue weighted by Gasteiger charge is -2.10. The van der Waals surface area contributed by atoms with Gasteiger partial charge in [-0.05, 0) is 11.6 Å². The van der Waals surface area contributed by atoms with Gasteiger partial charge in [-0.1, -0.05) is 91.0 Å². The van der Waals surface area contributed by atoms with Crippen LogP contribution in [0.4, 0.5) is 13.2 Å². The fourth-order valence-electron chi connectivity index (χ4n) is 3.66. The van der Waals surface area contributed by atoms with E-state index in [1.807, 2.05) is 60.7 Å². The molecule has 0 aliphatic heterocycles. The maximum atomic E-state index is 14.0. The van der Waals surface area contributed by atoms with Crippen molar-refractivity contribution in [3.05, 3.63) is 103 Å². The van der Waals surface area contributed by atoms with Crippen LogP contribution in [0.5, 0.6) is 0 Å². The summed E-state index contributed by atoms with van der Waals surface area (Å²) in [5, 5.41) is 4.00. The van der Waals surface area contributed by atoms with Crippen LogP contribution in [-0.4, -0.2) is 14.6 Å². The lowest BCUT2D eigenvalue weighted by atomic mass is 10.0. The Hall–Kier alpha value is -3.93. The number of halogens is 3. The first-order chi connectivity index (χ1) is 15.0. The van der Waals surface area contributed by atoms with Gasteiger partial charge in [-0.15, -0.1) is 0 Å². The summed E-state index contributed by atoms with van der Waals surface area (Å²) >= 11 is 0. The average molecular weight is 415 g/mol. The highest BCUT2D eigenvalue weighted by molar-refractivity contribution is 5.84. The van der Waals surface area contributed by atoms with Gasteiger partial charge in [0.05, 0.1) is 17.0 Å². The van der Waals surface area contributed by atoms with E-state index in [1.165, 1.54) is 4.52 Å². The molecular weight excluding hydrogens is 399 g/mol. The SMILES string of the molecule is FC(F)(F)c1nn2c(-c3ccccc3)cc(-c3ccccc3)nc2c1-c1ccccc1. The van der Waals surface area contributed by atoms with Crippen molar-refractivity contribution in [2.24, 2.45) is 0 Å². The molecule has 0 fully saturated rings. The molecular formula is C25H16F3N3. The van der Waals surface area contributed by atoms with E-state index in [0.717, 1.165) is 11.1 Å². The summed E-state index contributed by atoms with van der Waals surface area (Å²) in [4.78, 5) is 4.64. The molecule has 0 saturated carbocycles. The number of nitrogens with zero attached hydrogens (tertiary/aromatic N) is 3. The highest BCUT2D eigenvalue weighted by Gasteiger charge is 2.39. The third kappa shape index (κ3) is 3.46. The van der Waals surface area contributed by atoms with E-state index in [2.05, 4.69) is 10.1 Å². The smallest absolute Gasteiger partial charge is 0.228 e. The van der Waals surface area contributed by atoms with Crippen LogP contribution in [0.2, 0.25) is 0 Å². The number of fused-ring (bicyclic) bond motifs is 1. The molecule has 6 heteroatoms. The van der Waals surface area contributed by atoms with Crippen molar-refractivity contribution >= 4 is 5.65 Å². The van der Waals surface area contributed by atoms with E-state index in [0.29, 0.717) is 17.0 Å². The van der Waals surface area contributed by atoms with Crippen LogP contribution in [0.25, 0.3) is 39.3 Å². The van der Waals surface area contributed by atoms with Gasteiger partial charge < -0.3 is 0 Å². The van der Waals surface area contributed by atoms with E-state index >= 15 is 0 Å². The Morgan fingerprint density at radius 2 is 1.16 bits per heavy atom. The van der Waals surface area contributed by atoms with Crippen molar-refractivity contribution in [2.45, 2.75) is 6.18 Å². The van der Waals surface area contributed by atoms with E-state index in [4.69, 9.17) is 0 Å². The van der Waals surface area contributed by atoms with Crippen molar-refractivity contribution in [2.75, 3.05) is 0 Å². The van der Waals surface area contributed by atoms with Gasteiger partial charge in [-0.3, -0.25) is 0 Å². The minimum absolute atomic E-state index is 0.0249. The summed E-state index contributed by atoms with van der Waals surface area (Å²) in [5.74, 6) is 0. The molecule has 152 valence electrons. The minimum atomic E-state index is -4.63. The van der Waals surface area contributed by atoms with Crippen molar-refractivity contribution in [3.63, 3.8) is 0 Å². The van der Waals surface area contributed by atoms with Gasteiger partial charge in [0.25, 0.3) is 0 Å². The molecule has 2 heterocycles. The Labute approximate surface area is 176 Å². The van der Waals surface area contributed by atoms with Gasteiger partial charge in [-0.25, -0.2) is 9.50 Å². The molecule has 0 saturated heterocycles. The minimum Gasteiger partial charge on any atom is -0.228 e. The Balaban J connectivity index is 1.91. The third-order valence-corrected chi connectivity index (χ3v) is 5.06. The number of hydrogen-bond donors (Lipinski definition) is 0. The van der Waals surface area contributed by atoms with Gasteiger partial charge in [0, 0.05) is 11.1 Å². The lowest BCUT2D eigenvalue weighted by Crippen LogP contribution is -2.08. The summed E-state index contributed by atoms with van der Waals surface area (Å²) in [6.07, 6.45) is -4.63.